The Morgan fingerprint density at radius 2 is 1.87 bits per heavy atom. The van der Waals surface area contributed by atoms with E-state index in [1.165, 1.54) is 22.8 Å². The molecule has 0 N–H and O–H groups in total. The highest BCUT2D eigenvalue weighted by molar-refractivity contribution is 7.10. The molecule has 0 aliphatic heterocycles. The minimum absolute atomic E-state index is 0.119. The predicted molar refractivity (Wildman–Crippen MR) is 97.8 cm³/mol. The van der Waals surface area contributed by atoms with Crippen molar-refractivity contribution in [3.8, 4) is 0 Å². The Hall–Kier alpha value is -1.87. The predicted octanol–water partition coefficient (Wildman–Crippen LogP) is 5.42. The van der Waals surface area contributed by atoms with Gasteiger partial charge in [0, 0.05) is 11.0 Å². The van der Waals surface area contributed by atoms with Crippen molar-refractivity contribution in [2.75, 3.05) is 0 Å². The molecule has 0 saturated heterocycles. The maximum atomic E-state index is 11.9. The molecule has 0 unspecified atom stereocenters. The Labute approximate surface area is 142 Å². The van der Waals surface area contributed by atoms with Crippen LogP contribution in [0.5, 0.6) is 0 Å². The molecule has 1 aromatic heterocycles. The number of ether oxygens (including phenoxy) is 1. The normalized spacial score (nSPS) is 11.9. The van der Waals surface area contributed by atoms with Crippen molar-refractivity contribution < 1.29 is 9.53 Å². The zero-order chi connectivity index (χ0) is 17.0. The second kappa shape index (κ2) is 7.14. The van der Waals surface area contributed by atoms with Crippen molar-refractivity contribution in [2.45, 2.75) is 46.6 Å². The standard InChI is InChI=1S/C20H24O2S/c1-14-11-16(20(3,4)5)12-15(2)18(14)13-22-19(21)9-8-17-7-6-10-23-17/h6-12H,13H2,1-5H3. The van der Waals surface area contributed by atoms with E-state index in [1.54, 1.807) is 17.4 Å². The molecule has 3 heteroatoms. The number of carbonyl (C=O) groups excluding carboxylic acids is 1. The molecule has 0 saturated carbocycles. The van der Waals surface area contributed by atoms with Gasteiger partial charge in [-0.1, -0.05) is 39.0 Å². The van der Waals surface area contributed by atoms with Crippen LogP contribution in [0.25, 0.3) is 6.08 Å². The summed E-state index contributed by atoms with van der Waals surface area (Å²) < 4.78 is 5.39. The van der Waals surface area contributed by atoms with Gasteiger partial charge in [0.25, 0.3) is 0 Å². The first-order chi connectivity index (χ1) is 10.8. The van der Waals surface area contributed by atoms with Gasteiger partial charge >= 0.3 is 5.97 Å². The molecule has 0 radical (unpaired) electrons. The number of thiophene rings is 1. The fourth-order valence-corrected chi connectivity index (χ4v) is 3.00. The Morgan fingerprint density at radius 3 is 2.39 bits per heavy atom. The van der Waals surface area contributed by atoms with E-state index in [4.69, 9.17) is 4.74 Å². The molecule has 2 nitrogen and oxygen atoms in total. The summed E-state index contributed by atoms with van der Waals surface area (Å²) in [5.41, 5.74) is 4.86. The molecular formula is C20H24O2S. The quantitative estimate of drug-likeness (QED) is 0.553. The molecular weight excluding hydrogens is 304 g/mol. The van der Waals surface area contributed by atoms with Crippen molar-refractivity contribution in [1.29, 1.82) is 0 Å². The largest absolute Gasteiger partial charge is 0.458 e. The molecule has 2 rings (SSSR count). The summed E-state index contributed by atoms with van der Waals surface area (Å²) in [6.07, 6.45) is 3.27. The highest BCUT2D eigenvalue weighted by Crippen LogP contribution is 2.27. The van der Waals surface area contributed by atoms with Gasteiger partial charge in [0.1, 0.15) is 6.61 Å². The molecule has 0 bridgehead atoms. The highest BCUT2D eigenvalue weighted by Gasteiger charge is 2.16. The average molecular weight is 328 g/mol. The fourth-order valence-electron chi connectivity index (χ4n) is 2.38. The third-order valence-electron chi connectivity index (χ3n) is 3.85. The van der Waals surface area contributed by atoms with Crippen LogP contribution in [0.1, 0.15) is 47.9 Å². The Kier molecular flexibility index (Phi) is 5.42. The molecule has 0 atom stereocenters. The third kappa shape index (κ3) is 4.80. The summed E-state index contributed by atoms with van der Waals surface area (Å²) in [6.45, 7) is 11.1. The molecule has 122 valence electrons. The number of hydrogen-bond donors (Lipinski definition) is 0. The number of hydrogen-bond acceptors (Lipinski definition) is 3. The second-order valence-corrected chi connectivity index (χ2v) is 7.77. The topological polar surface area (TPSA) is 26.3 Å². The van der Waals surface area contributed by atoms with Gasteiger partial charge in [-0.25, -0.2) is 4.79 Å². The van der Waals surface area contributed by atoms with E-state index in [9.17, 15) is 4.79 Å². The monoisotopic (exact) mass is 328 g/mol. The summed E-state index contributed by atoms with van der Waals surface area (Å²) in [7, 11) is 0. The van der Waals surface area contributed by atoms with Gasteiger partial charge < -0.3 is 4.74 Å². The van der Waals surface area contributed by atoms with Crippen LogP contribution in [0.4, 0.5) is 0 Å². The van der Waals surface area contributed by atoms with Crippen LogP contribution in [0.3, 0.4) is 0 Å². The Balaban J connectivity index is 2.04. The first-order valence-electron chi connectivity index (χ1n) is 7.76. The molecule has 0 amide bonds. The average Bonchev–Trinajstić information content (AvgIpc) is 2.96. The SMILES string of the molecule is Cc1cc(C(C)(C)C)cc(C)c1COC(=O)C=Cc1cccs1. The van der Waals surface area contributed by atoms with Gasteiger partial charge in [-0.05, 0) is 59.0 Å². The van der Waals surface area contributed by atoms with Crippen LogP contribution in [-0.4, -0.2) is 5.97 Å². The van der Waals surface area contributed by atoms with Crippen LogP contribution in [0.15, 0.2) is 35.7 Å². The van der Waals surface area contributed by atoms with Crippen LogP contribution >= 0.6 is 11.3 Å². The van der Waals surface area contributed by atoms with E-state index in [1.807, 2.05) is 17.5 Å². The molecule has 0 aliphatic carbocycles. The molecule has 2 aromatic rings. The minimum Gasteiger partial charge on any atom is -0.458 e. The lowest BCUT2D eigenvalue weighted by Crippen LogP contribution is -2.13. The minimum atomic E-state index is -0.308. The van der Waals surface area contributed by atoms with Crippen LogP contribution < -0.4 is 0 Å². The van der Waals surface area contributed by atoms with E-state index in [0.717, 1.165) is 10.4 Å². The maximum absolute atomic E-state index is 11.9. The van der Waals surface area contributed by atoms with Crippen molar-refractivity contribution in [3.05, 3.63) is 62.9 Å². The molecule has 0 fully saturated rings. The lowest BCUT2D eigenvalue weighted by atomic mass is 9.84. The van der Waals surface area contributed by atoms with Crippen LogP contribution in [0.2, 0.25) is 0 Å². The number of rotatable bonds is 4. The molecule has 1 aromatic carbocycles. The van der Waals surface area contributed by atoms with Crippen LogP contribution in [-0.2, 0) is 21.6 Å². The summed E-state index contributed by atoms with van der Waals surface area (Å²) in [5, 5.41) is 1.98. The summed E-state index contributed by atoms with van der Waals surface area (Å²) in [6, 6.07) is 8.31. The van der Waals surface area contributed by atoms with E-state index < -0.39 is 0 Å². The fraction of sp³-hybridized carbons (Fsp3) is 0.350. The van der Waals surface area contributed by atoms with Gasteiger partial charge in [-0.3, -0.25) is 0 Å². The zero-order valence-electron chi connectivity index (χ0n) is 14.5. The lowest BCUT2D eigenvalue weighted by Gasteiger charge is -2.22. The summed E-state index contributed by atoms with van der Waals surface area (Å²) in [5.74, 6) is -0.308. The van der Waals surface area contributed by atoms with Crippen molar-refractivity contribution >= 4 is 23.4 Å². The van der Waals surface area contributed by atoms with E-state index in [-0.39, 0.29) is 11.4 Å². The smallest absolute Gasteiger partial charge is 0.331 e. The van der Waals surface area contributed by atoms with Crippen LogP contribution in [0, 0.1) is 13.8 Å². The number of aryl methyl sites for hydroxylation is 2. The highest BCUT2D eigenvalue weighted by atomic mass is 32.1. The number of benzene rings is 1. The second-order valence-electron chi connectivity index (χ2n) is 6.80. The molecule has 23 heavy (non-hydrogen) atoms. The van der Waals surface area contributed by atoms with E-state index >= 15 is 0 Å². The third-order valence-corrected chi connectivity index (χ3v) is 4.69. The van der Waals surface area contributed by atoms with Crippen molar-refractivity contribution in [2.24, 2.45) is 0 Å². The van der Waals surface area contributed by atoms with Gasteiger partial charge in [-0.15, -0.1) is 11.3 Å². The molecule has 0 aliphatic rings. The summed E-state index contributed by atoms with van der Waals surface area (Å²) >= 11 is 1.59. The lowest BCUT2D eigenvalue weighted by molar-refractivity contribution is -0.138. The van der Waals surface area contributed by atoms with Crippen molar-refractivity contribution in [1.82, 2.24) is 0 Å². The first kappa shape index (κ1) is 17.5. The Morgan fingerprint density at radius 1 is 1.22 bits per heavy atom. The van der Waals surface area contributed by atoms with E-state index in [2.05, 4.69) is 46.8 Å². The Bertz CT molecular complexity index is 681. The van der Waals surface area contributed by atoms with Gasteiger partial charge in [0.05, 0.1) is 0 Å². The van der Waals surface area contributed by atoms with E-state index in [0.29, 0.717) is 6.61 Å². The zero-order valence-corrected chi connectivity index (χ0v) is 15.3. The molecule has 0 spiro atoms. The van der Waals surface area contributed by atoms with Crippen molar-refractivity contribution in [3.63, 3.8) is 0 Å². The first-order valence-corrected chi connectivity index (χ1v) is 8.64. The number of carbonyl (C=O) groups is 1. The van der Waals surface area contributed by atoms with Gasteiger partial charge in [0.15, 0.2) is 0 Å². The summed E-state index contributed by atoms with van der Waals surface area (Å²) in [4.78, 5) is 12.9. The van der Waals surface area contributed by atoms with Gasteiger partial charge in [-0.2, -0.15) is 0 Å². The maximum Gasteiger partial charge on any atom is 0.331 e. The number of esters is 1. The van der Waals surface area contributed by atoms with Gasteiger partial charge in [0.2, 0.25) is 0 Å². The molecule has 1 heterocycles.